The quantitative estimate of drug-likeness (QED) is 0.670. The van der Waals surface area contributed by atoms with Crippen LogP contribution in [0.4, 0.5) is 5.82 Å². The second-order valence-corrected chi connectivity index (χ2v) is 7.67. The molecule has 1 aliphatic rings. The van der Waals surface area contributed by atoms with Gasteiger partial charge in [-0.05, 0) is 25.0 Å². The van der Waals surface area contributed by atoms with E-state index in [2.05, 4.69) is 41.4 Å². The van der Waals surface area contributed by atoms with Crippen molar-refractivity contribution in [3.8, 4) is 0 Å². The maximum absolute atomic E-state index is 6.01. The molecule has 1 saturated carbocycles. The molecule has 0 bridgehead atoms. The summed E-state index contributed by atoms with van der Waals surface area (Å²) in [7, 11) is 0. The minimum Gasteiger partial charge on any atom is -0.376 e. The van der Waals surface area contributed by atoms with Crippen LogP contribution in [0, 0.1) is 0 Å². The second-order valence-electron chi connectivity index (χ2n) is 7.67. The van der Waals surface area contributed by atoms with Crippen molar-refractivity contribution < 1.29 is 4.74 Å². The molecular weight excluding hydrogens is 302 g/mol. The standard InChI is InChI=1S/C18H29N5O/c1-18(2,3)17-21-20-16-11-10-15(22-23(16)17)19-12-13-24-14-8-6-4-5-7-9-14/h10-11,14H,4-9,12-13H2,1-3H3,(H,19,22). The molecule has 6 nitrogen and oxygen atoms in total. The topological polar surface area (TPSA) is 64.3 Å². The lowest BCUT2D eigenvalue weighted by molar-refractivity contribution is 0.0501. The summed E-state index contributed by atoms with van der Waals surface area (Å²) in [4.78, 5) is 0. The van der Waals surface area contributed by atoms with E-state index >= 15 is 0 Å². The number of nitrogens with one attached hydrogen (secondary N) is 1. The lowest BCUT2D eigenvalue weighted by Gasteiger charge is -2.16. The lowest BCUT2D eigenvalue weighted by Crippen LogP contribution is -2.19. The highest BCUT2D eigenvalue weighted by Gasteiger charge is 2.21. The first-order chi connectivity index (χ1) is 11.5. The fourth-order valence-electron chi connectivity index (χ4n) is 3.16. The molecule has 0 atom stereocenters. The predicted molar refractivity (Wildman–Crippen MR) is 95.4 cm³/mol. The maximum Gasteiger partial charge on any atom is 0.178 e. The molecule has 0 aromatic carbocycles. The zero-order valence-corrected chi connectivity index (χ0v) is 15.1. The number of hydrogen-bond acceptors (Lipinski definition) is 5. The highest BCUT2D eigenvalue weighted by Crippen LogP contribution is 2.21. The Hall–Kier alpha value is -1.69. The van der Waals surface area contributed by atoms with Gasteiger partial charge in [0, 0.05) is 12.0 Å². The lowest BCUT2D eigenvalue weighted by atomic mass is 9.96. The monoisotopic (exact) mass is 331 g/mol. The van der Waals surface area contributed by atoms with Gasteiger partial charge in [0.05, 0.1) is 12.7 Å². The molecule has 1 N–H and O–H groups in total. The molecule has 132 valence electrons. The van der Waals surface area contributed by atoms with Crippen LogP contribution in [0.1, 0.15) is 65.1 Å². The molecule has 0 saturated heterocycles. The van der Waals surface area contributed by atoms with Crippen LogP contribution < -0.4 is 5.32 Å². The van der Waals surface area contributed by atoms with Crippen LogP contribution in [0.15, 0.2) is 12.1 Å². The second kappa shape index (κ2) is 7.47. The molecule has 1 fully saturated rings. The Morgan fingerprint density at radius 3 is 2.58 bits per heavy atom. The van der Waals surface area contributed by atoms with Gasteiger partial charge in [0.1, 0.15) is 5.82 Å². The van der Waals surface area contributed by atoms with Crippen molar-refractivity contribution in [3.05, 3.63) is 18.0 Å². The van der Waals surface area contributed by atoms with Crippen molar-refractivity contribution in [2.45, 2.75) is 70.8 Å². The van der Waals surface area contributed by atoms with E-state index in [1.807, 2.05) is 16.6 Å². The van der Waals surface area contributed by atoms with Crippen molar-refractivity contribution >= 4 is 11.5 Å². The Bertz CT molecular complexity index is 653. The first kappa shape index (κ1) is 17.1. The Labute approximate surface area is 144 Å². The van der Waals surface area contributed by atoms with E-state index < -0.39 is 0 Å². The van der Waals surface area contributed by atoms with Gasteiger partial charge < -0.3 is 10.1 Å². The van der Waals surface area contributed by atoms with Gasteiger partial charge >= 0.3 is 0 Å². The number of ether oxygens (including phenoxy) is 1. The predicted octanol–water partition coefficient (Wildman–Crippen LogP) is 3.57. The average molecular weight is 331 g/mol. The Kier molecular flexibility index (Phi) is 5.33. The SMILES string of the molecule is CC(C)(C)c1nnc2ccc(NCCOC3CCCCCC3)nn12. The van der Waals surface area contributed by atoms with Crippen molar-refractivity contribution in [2.75, 3.05) is 18.5 Å². The van der Waals surface area contributed by atoms with Crippen molar-refractivity contribution in [2.24, 2.45) is 0 Å². The summed E-state index contributed by atoms with van der Waals surface area (Å²) < 4.78 is 7.84. The Balaban J connectivity index is 1.55. The molecule has 2 heterocycles. The summed E-state index contributed by atoms with van der Waals surface area (Å²) in [6, 6.07) is 3.89. The van der Waals surface area contributed by atoms with E-state index in [1.54, 1.807) is 0 Å². The third-order valence-corrected chi connectivity index (χ3v) is 4.50. The van der Waals surface area contributed by atoms with Crippen LogP contribution >= 0.6 is 0 Å². The van der Waals surface area contributed by atoms with Gasteiger partial charge in [0.25, 0.3) is 0 Å². The van der Waals surface area contributed by atoms with E-state index in [0.29, 0.717) is 6.10 Å². The van der Waals surface area contributed by atoms with E-state index in [-0.39, 0.29) is 5.41 Å². The van der Waals surface area contributed by atoms with Gasteiger partial charge in [0.15, 0.2) is 11.5 Å². The van der Waals surface area contributed by atoms with Gasteiger partial charge in [0.2, 0.25) is 0 Å². The van der Waals surface area contributed by atoms with E-state index in [9.17, 15) is 0 Å². The van der Waals surface area contributed by atoms with Crippen LogP contribution in [-0.4, -0.2) is 39.1 Å². The molecule has 24 heavy (non-hydrogen) atoms. The molecule has 0 aliphatic heterocycles. The summed E-state index contributed by atoms with van der Waals surface area (Å²) in [5, 5.41) is 16.4. The van der Waals surface area contributed by atoms with Crippen LogP contribution in [0.5, 0.6) is 0 Å². The van der Waals surface area contributed by atoms with Gasteiger partial charge in [-0.2, -0.15) is 4.52 Å². The minimum atomic E-state index is -0.0896. The maximum atomic E-state index is 6.01. The third-order valence-electron chi connectivity index (χ3n) is 4.50. The minimum absolute atomic E-state index is 0.0896. The summed E-state index contributed by atoms with van der Waals surface area (Å²) in [6.07, 6.45) is 8.18. The molecule has 6 heteroatoms. The highest BCUT2D eigenvalue weighted by molar-refractivity contribution is 5.44. The fourth-order valence-corrected chi connectivity index (χ4v) is 3.16. The molecular formula is C18H29N5O. The number of aromatic nitrogens is 4. The summed E-state index contributed by atoms with van der Waals surface area (Å²) in [5.74, 6) is 1.70. The van der Waals surface area contributed by atoms with Crippen molar-refractivity contribution in [3.63, 3.8) is 0 Å². The smallest absolute Gasteiger partial charge is 0.178 e. The number of hydrogen-bond donors (Lipinski definition) is 1. The third kappa shape index (κ3) is 4.23. The van der Waals surface area contributed by atoms with Gasteiger partial charge in [-0.15, -0.1) is 15.3 Å². The number of nitrogens with zero attached hydrogens (tertiary/aromatic N) is 4. The first-order valence-electron chi connectivity index (χ1n) is 9.12. The summed E-state index contributed by atoms with van der Waals surface area (Å²) >= 11 is 0. The highest BCUT2D eigenvalue weighted by atomic mass is 16.5. The summed E-state index contributed by atoms with van der Waals surface area (Å²) in [5.41, 5.74) is 0.688. The molecule has 3 rings (SSSR count). The molecule has 1 aliphatic carbocycles. The van der Waals surface area contributed by atoms with Crippen molar-refractivity contribution in [1.82, 2.24) is 19.8 Å². The average Bonchev–Trinajstić information content (AvgIpc) is 2.80. The normalized spacial score (nSPS) is 17.1. The number of rotatable bonds is 5. The van der Waals surface area contributed by atoms with Crippen LogP contribution in [0.25, 0.3) is 5.65 Å². The number of fused-ring (bicyclic) bond motifs is 1. The largest absolute Gasteiger partial charge is 0.376 e. The van der Waals surface area contributed by atoms with E-state index in [4.69, 9.17) is 4.74 Å². The van der Waals surface area contributed by atoms with Gasteiger partial charge in [-0.1, -0.05) is 46.5 Å². The van der Waals surface area contributed by atoms with E-state index in [0.717, 1.165) is 30.4 Å². The van der Waals surface area contributed by atoms with Crippen LogP contribution in [0.3, 0.4) is 0 Å². The van der Waals surface area contributed by atoms with Crippen LogP contribution in [-0.2, 0) is 10.2 Å². The Morgan fingerprint density at radius 2 is 1.88 bits per heavy atom. The van der Waals surface area contributed by atoms with Crippen molar-refractivity contribution in [1.29, 1.82) is 0 Å². The fraction of sp³-hybridized carbons (Fsp3) is 0.722. The van der Waals surface area contributed by atoms with E-state index in [1.165, 1.54) is 38.5 Å². The first-order valence-corrected chi connectivity index (χ1v) is 9.12. The van der Waals surface area contributed by atoms with Crippen LogP contribution in [0.2, 0.25) is 0 Å². The molecule has 0 spiro atoms. The molecule has 2 aromatic rings. The Morgan fingerprint density at radius 1 is 1.12 bits per heavy atom. The molecule has 0 unspecified atom stereocenters. The molecule has 2 aromatic heterocycles. The molecule has 0 radical (unpaired) electrons. The van der Waals surface area contributed by atoms with Gasteiger partial charge in [-0.25, -0.2) is 0 Å². The van der Waals surface area contributed by atoms with Gasteiger partial charge in [-0.3, -0.25) is 0 Å². The zero-order chi connectivity index (χ0) is 17.0. The zero-order valence-electron chi connectivity index (χ0n) is 15.1. The molecule has 0 amide bonds. The number of anilines is 1. The summed E-state index contributed by atoms with van der Waals surface area (Å²) in [6.45, 7) is 7.84.